The van der Waals surface area contributed by atoms with E-state index in [0.29, 0.717) is 12.4 Å². The van der Waals surface area contributed by atoms with Gasteiger partial charge in [-0.1, -0.05) is 19.1 Å². The first kappa shape index (κ1) is 12.8. The maximum Gasteiger partial charge on any atom is 0.407 e. The Labute approximate surface area is 92.2 Å². The minimum atomic E-state index is -4.41. The van der Waals surface area contributed by atoms with Crippen LogP contribution in [0.25, 0.3) is 0 Å². The molecule has 0 fully saturated rings. The summed E-state index contributed by atoms with van der Waals surface area (Å²) in [4.78, 5) is 0. The van der Waals surface area contributed by atoms with Gasteiger partial charge >= 0.3 is 6.18 Å². The van der Waals surface area contributed by atoms with Crippen LogP contribution in [0.1, 0.15) is 24.9 Å². The summed E-state index contributed by atoms with van der Waals surface area (Å²) in [6.07, 6.45) is -3.56. The van der Waals surface area contributed by atoms with E-state index in [9.17, 15) is 13.2 Å². The molecule has 1 rings (SSSR count). The van der Waals surface area contributed by atoms with Gasteiger partial charge in [-0.05, 0) is 24.1 Å². The molecule has 90 valence electrons. The monoisotopic (exact) mass is 233 g/mol. The van der Waals surface area contributed by atoms with Crippen molar-refractivity contribution in [1.82, 2.24) is 0 Å². The van der Waals surface area contributed by atoms with E-state index in [1.54, 1.807) is 0 Å². The zero-order chi connectivity index (χ0) is 12.2. The minimum absolute atomic E-state index is 0.0383. The van der Waals surface area contributed by atoms with Crippen molar-refractivity contribution in [3.63, 3.8) is 0 Å². The number of hydrogen-bond donors (Lipinski definition) is 1. The van der Waals surface area contributed by atoms with Crippen molar-refractivity contribution in [2.75, 3.05) is 6.61 Å². The van der Waals surface area contributed by atoms with Crippen LogP contribution in [0.2, 0.25) is 0 Å². The third-order valence-corrected chi connectivity index (χ3v) is 2.06. The van der Waals surface area contributed by atoms with Gasteiger partial charge in [-0.15, -0.1) is 0 Å². The molecule has 16 heavy (non-hydrogen) atoms. The maximum absolute atomic E-state index is 12.3. The molecule has 0 heterocycles. The van der Waals surface area contributed by atoms with E-state index in [-0.39, 0.29) is 5.56 Å². The van der Waals surface area contributed by atoms with Crippen molar-refractivity contribution in [1.29, 1.82) is 0 Å². The molecule has 5 heteroatoms. The van der Waals surface area contributed by atoms with E-state index in [2.05, 4.69) is 0 Å². The van der Waals surface area contributed by atoms with Gasteiger partial charge in [0.15, 0.2) is 0 Å². The fourth-order valence-electron chi connectivity index (χ4n) is 1.18. The van der Waals surface area contributed by atoms with Crippen LogP contribution >= 0.6 is 0 Å². The van der Waals surface area contributed by atoms with Gasteiger partial charge in [0.05, 0.1) is 6.61 Å². The molecule has 0 saturated heterocycles. The Morgan fingerprint density at radius 2 is 1.81 bits per heavy atom. The summed E-state index contributed by atoms with van der Waals surface area (Å²) in [5, 5.41) is 0. The van der Waals surface area contributed by atoms with Gasteiger partial charge < -0.3 is 10.5 Å². The van der Waals surface area contributed by atoms with Gasteiger partial charge in [0.1, 0.15) is 11.8 Å². The summed E-state index contributed by atoms with van der Waals surface area (Å²) in [6, 6.07) is 3.73. The molecule has 1 unspecified atom stereocenters. The Morgan fingerprint density at radius 3 is 2.25 bits per heavy atom. The number of ether oxygens (including phenoxy) is 1. The summed E-state index contributed by atoms with van der Waals surface area (Å²) in [5.74, 6) is 0.556. The lowest BCUT2D eigenvalue weighted by molar-refractivity contribution is -0.149. The first-order valence-corrected chi connectivity index (χ1v) is 5.00. The summed E-state index contributed by atoms with van der Waals surface area (Å²) < 4.78 is 42.1. The summed E-state index contributed by atoms with van der Waals surface area (Å²) in [5.41, 5.74) is 5.09. The molecule has 2 N–H and O–H groups in total. The Bertz CT molecular complexity index is 321. The highest BCUT2D eigenvalue weighted by Crippen LogP contribution is 2.31. The van der Waals surface area contributed by atoms with Crippen LogP contribution in [0.5, 0.6) is 5.75 Å². The lowest BCUT2D eigenvalue weighted by Gasteiger charge is -2.16. The highest BCUT2D eigenvalue weighted by Gasteiger charge is 2.37. The van der Waals surface area contributed by atoms with Gasteiger partial charge in [0.2, 0.25) is 0 Å². The fraction of sp³-hybridized carbons (Fsp3) is 0.455. The van der Waals surface area contributed by atoms with Crippen molar-refractivity contribution in [3.05, 3.63) is 29.8 Å². The third kappa shape index (κ3) is 3.41. The van der Waals surface area contributed by atoms with Crippen molar-refractivity contribution in [2.45, 2.75) is 25.6 Å². The summed E-state index contributed by atoms with van der Waals surface area (Å²) in [6.45, 7) is 2.50. The minimum Gasteiger partial charge on any atom is -0.494 e. The first-order chi connectivity index (χ1) is 7.45. The average molecular weight is 233 g/mol. The predicted octanol–water partition coefficient (Wildman–Crippen LogP) is 3.04. The standard InChI is InChI=1S/C11H14F3NO/c1-2-7-16-9-5-3-8(4-6-9)10(15)11(12,13)14/h3-6,10H,2,7,15H2,1H3. The van der Waals surface area contributed by atoms with E-state index in [4.69, 9.17) is 10.5 Å². The van der Waals surface area contributed by atoms with Crippen LogP contribution in [0.3, 0.4) is 0 Å². The van der Waals surface area contributed by atoms with E-state index < -0.39 is 12.2 Å². The van der Waals surface area contributed by atoms with Crippen molar-refractivity contribution in [3.8, 4) is 5.75 Å². The third-order valence-electron chi connectivity index (χ3n) is 2.06. The highest BCUT2D eigenvalue weighted by molar-refractivity contribution is 5.29. The molecule has 0 amide bonds. The number of halogens is 3. The second-order valence-electron chi connectivity index (χ2n) is 3.44. The van der Waals surface area contributed by atoms with Crippen molar-refractivity contribution < 1.29 is 17.9 Å². The molecule has 0 spiro atoms. The molecule has 0 aromatic heterocycles. The molecule has 2 nitrogen and oxygen atoms in total. The number of benzene rings is 1. The molecule has 0 aliphatic heterocycles. The molecular weight excluding hydrogens is 219 g/mol. The number of rotatable bonds is 4. The van der Waals surface area contributed by atoms with Crippen molar-refractivity contribution in [2.24, 2.45) is 5.73 Å². The SMILES string of the molecule is CCCOc1ccc(C(N)C(F)(F)F)cc1. The summed E-state index contributed by atoms with van der Waals surface area (Å²) in [7, 11) is 0. The molecule has 1 atom stereocenters. The molecular formula is C11H14F3NO. The zero-order valence-corrected chi connectivity index (χ0v) is 8.92. The maximum atomic E-state index is 12.3. The Kier molecular flexibility index (Phi) is 4.18. The molecule has 0 bridgehead atoms. The molecule has 0 saturated carbocycles. The van der Waals surface area contributed by atoms with Crippen molar-refractivity contribution >= 4 is 0 Å². The van der Waals surface area contributed by atoms with Crippen LogP contribution in [0, 0.1) is 0 Å². The smallest absolute Gasteiger partial charge is 0.407 e. The van der Waals surface area contributed by atoms with Gasteiger partial charge in [-0.2, -0.15) is 13.2 Å². The molecule has 0 aliphatic carbocycles. The van der Waals surface area contributed by atoms with Gasteiger partial charge in [0.25, 0.3) is 0 Å². The highest BCUT2D eigenvalue weighted by atomic mass is 19.4. The number of hydrogen-bond acceptors (Lipinski definition) is 2. The quantitative estimate of drug-likeness (QED) is 0.867. The molecule has 1 aromatic carbocycles. The Balaban J connectivity index is 2.71. The van der Waals surface area contributed by atoms with Gasteiger partial charge in [0, 0.05) is 0 Å². The Morgan fingerprint density at radius 1 is 1.25 bits per heavy atom. The van der Waals surface area contributed by atoms with Gasteiger partial charge in [-0.25, -0.2) is 0 Å². The Hall–Kier alpha value is -1.23. The first-order valence-electron chi connectivity index (χ1n) is 5.00. The number of alkyl halides is 3. The number of nitrogens with two attached hydrogens (primary N) is 1. The fourth-order valence-corrected chi connectivity index (χ4v) is 1.18. The predicted molar refractivity (Wildman–Crippen MR) is 55.2 cm³/mol. The van der Waals surface area contributed by atoms with E-state index in [0.717, 1.165) is 6.42 Å². The van der Waals surface area contributed by atoms with Crippen LogP contribution in [0.4, 0.5) is 13.2 Å². The van der Waals surface area contributed by atoms with Crippen LogP contribution in [-0.2, 0) is 0 Å². The molecule has 1 aromatic rings. The topological polar surface area (TPSA) is 35.2 Å². The lowest BCUT2D eigenvalue weighted by Crippen LogP contribution is -2.28. The average Bonchev–Trinajstić information content (AvgIpc) is 2.25. The second kappa shape index (κ2) is 5.21. The second-order valence-corrected chi connectivity index (χ2v) is 3.44. The van der Waals surface area contributed by atoms with Gasteiger partial charge in [-0.3, -0.25) is 0 Å². The van der Waals surface area contributed by atoms with E-state index in [1.165, 1.54) is 24.3 Å². The summed E-state index contributed by atoms with van der Waals surface area (Å²) >= 11 is 0. The van der Waals surface area contributed by atoms with E-state index >= 15 is 0 Å². The lowest BCUT2D eigenvalue weighted by atomic mass is 10.1. The molecule has 0 radical (unpaired) electrons. The normalized spacial score (nSPS) is 13.6. The van der Waals surface area contributed by atoms with E-state index in [1.807, 2.05) is 6.92 Å². The zero-order valence-electron chi connectivity index (χ0n) is 8.92. The molecule has 0 aliphatic rings. The van der Waals surface area contributed by atoms with Crippen LogP contribution < -0.4 is 10.5 Å². The van der Waals surface area contributed by atoms with Crippen LogP contribution in [-0.4, -0.2) is 12.8 Å². The largest absolute Gasteiger partial charge is 0.494 e. The van der Waals surface area contributed by atoms with Crippen LogP contribution in [0.15, 0.2) is 24.3 Å².